The quantitative estimate of drug-likeness (QED) is 0.712. The molecule has 2 N–H and O–H groups in total. The number of amides is 1. The predicted octanol–water partition coefficient (Wildman–Crippen LogP) is 3.35. The number of aryl methyl sites for hydroxylation is 1. The summed E-state index contributed by atoms with van der Waals surface area (Å²) in [6, 6.07) is 10.7. The van der Waals surface area contributed by atoms with Crippen molar-refractivity contribution in [1.82, 2.24) is 20.1 Å². The van der Waals surface area contributed by atoms with Crippen molar-refractivity contribution in [2.75, 3.05) is 0 Å². The highest BCUT2D eigenvalue weighted by Crippen LogP contribution is 2.32. The van der Waals surface area contributed by atoms with Crippen LogP contribution in [0.4, 0.5) is 0 Å². The summed E-state index contributed by atoms with van der Waals surface area (Å²) in [5.41, 5.74) is 3.19. The summed E-state index contributed by atoms with van der Waals surface area (Å²) in [4.78, 5) is 16.4. The van der Waals surface area contributed by atoms with E-state index in [0.29, 0.717) is 22.5 Å². The second kappa shape index (κ2) is 7.92. The molecule has 3 aromatic rings. The number of carbonyl (C=O) groups is 1. The molecule has 1 aromatic carbocycles. The van der Waals surface area contributed by atoms with Gasteiger partial charge in [-0.15, -0.1) is 0 Å². The molecule has 1 atom stereocenters. The predicted molar refractivity (Wildman–Crippen MR) is 105 cm³/mol. The van der Waals surface area contributed by atoms with Crippen molar-refractivity contribution < 1.29 is 9.90 Å². The van der Waals surface area contributed by atoms with Gasteiger partial charge in [0.15, 0.2) is 5.82 Å². The highest BCUT2D eigenvalue weighted by atomic mass is 16.3. The Hall–Kier alpha value is -3.66. The summed E-state index contributed by atoms with van der Waals surface area (Å²) in [5.74, 6) is 0.152. The molecule has 142 valence electrons. The lowest BCUT2D eigenvalue weighted by molar-refractivity contribution is 0.0939. The first-order chi connectivity index (χ1) is 13.4. The van der Waals surface area contributed by atoms with E-state index in [4.69, 9.17) is 5.26 Å². The molecule has 0 spiro atoms. The SMILES string of the molecule is CC[C@@H](C)NC(=O)c1ccc(-n2ncc(-c3ccc(C#N)cc3C)c2O)nc1. The molecule has 3 rings (SSSR count). The van der Waals surface area contributed by atoms with Crippen LogP contribution in [0.1, 0.15) is 41.8 Å². The van der Waals surface area contributed by atoms with Crippen molar-refractivity contribution >= 4 is 5.91 Å². The fourth-order valence-corrected chi connectivity index (χ4v) is 2.79. The minimum atomic E-state index is -0.188. The van der Waals surface area contributed by atoms with E-state index in [-0.39, 0.29) is 17.8 Å². The van der Waals surface area contributed by atoms with E-state index in [1.54, 1.807) is 36.5 Å². The zero-order chi connectivity index (χ0) is 20.3. The molecule has 0 saturated heterocycles. The van der Waals surface area contributed by atoms with E-state index in [1.165, 1.54) is 10.9 Å². The molecule has 0 aliphatic carbocycles. The van der Waals surface area contributed by atoms with Crippen LogP contribution in [-0.2, 0) is 0 Å². The summed E-state index contributed by atoms with van der Waals surface area (Å²) in [5, 5.41) is 26.7. The highest BCUT2D eigenvalue weighted by molar-refractivity contribution is 5.94. The van der Waals surface area contributed by atoms with E-state index < -0.39 is 0 Å². The molecule has 0 saturated carbocycles. The fraction of sp³-hybridized carbons (Fsp3) is 0.238. The number of rotatable bonds is 5. The van der Waals surface area contributed by atoms with Gasteiger partial charge in [0.2, 0.25) is 5.88 Å². The topological polar surface area (TPSA) is 104 Å². The number of aromatic hydroxyl groups is 1. The van der Waals surface area contributed by atoms with Gasteiger partial charge in [0.25, 0.3) is 5.91 Å². The second-order valence-electron chi connectivity index (χ2n) is 6.62. The van der Waals surface area contributed by atoms with Gasteiger partial charge in [-0.3, -0.25) is 4.79 Å². The minimum absolute atomic E-state index is 0.0582. The van der Waals surface area contributed by atoms with E-state index in [9.17, 15) is 9.90 Å². The van der Waals surface area contributed by atoms with Crippen molar-refractivity contribution in [2.24, 2.45) is 0 Å². The fourth-order valence-electron chi connectivity index (χ4n) is 2.79. The van der Waals surface area contributed by atoms with Crippen LogP contribution in [0.5, 0.6) is 5.88 Å². The largest absolute Gasteiger partial charge is 0.493 e. The molecule has 0 aliphatic heterocycles. The van der Waals surface area contributed by atoms with Crippen LogP contribution in [0.3, 0.4) is 0 Å². The first kappa shape index (κ1) is 19.1. The Morgan fingerprint density at radius 2 is 2.07 bits per heavy atom. The lowest BCUT2D eigenvalue weighted by atomic mass is 10.0. The third-order valence-corrected chi connectivity index (χ3v) is 4.61. The maximum Gasteiger partial charge on any atom is 0.253 e. The first-order valence-electron chi connectivity index (χ1n) is 9.00. The summed E-state index contributed by atoms with van der Waals surface area (Å²) in [6.07, 6.45) is 3.85. The Labute approximate surface area is 163 Å². The molecule has 7 nitrogen and oxygen atoms in total. The van der Waals surface area contributed by atoms with E-state index in [0.717, 1.165) is 17.5 Å². The van der Waals surface area contributed by atoms with Crippen LogP contribution in [0, 0.1) is 18.3 Å². The Kier molecular flexibility index (Phi) is 5.41. The maximum absolute atomic E-state index is 12.2. The van der Waals surface area contributed by atoms with E-state index in [2.05, 4.69) is 21.5 Å². The Bertz CT molecular complexity index is 1050. The molecule has 2 aromatic heterocycles. The number of nitriles is 1. The monoisotopic (exact) mass is 375 g/mol. The molecule has 7 heteroatoms. The smallest absolute Gasteiger partial charge is 0.253 e. The van der Waals surface area contributed by atoms with Gasteiger partial charge >= 0.3 is 0 Å². The molecular formula is C21H21N5O2. The third kappa shape index (κ3) is 3.71. The van der Waals surface area contributed by atoms with Gasteiger partial charge in [0.1, 0.15) is 0 Å². The third-order valence-electron chi connectivity index (χ3n) is 4.61. The highest BCUT2D eigenvalue weighted by Gasteiger charge is 2.16. The zero-order valence-corrected chi connectivity index (χ0v) is 16.0. The van der Waals surface area contributed by atoms with Gasteiger partial charge in [-0.2, -0.15) is 15.0 Å². The Balaban J connectivity index is 1.88. The minimum Gasteiger partial charge on any atom is -0.493 e. The van der Waals surface area contributed by atoms with Gasteiger partial charge in [0, 0.05) is 12.2 Å². The maximum atomic E-state index is 12.2. The van der Waals surface area contributed by atoms with Crippen molar-refractivity contribution in [1.29, 1.82) is 5.26 Å². The average molecular weight is 375 g/mol. The Morgan fingerprint density at radius 1 is 1.29 bits per heavy atom. The molecule has 0 fully saturated rings. The van der Waals surface area contributed by atoms with Gasteiger partial charge in [0.05, 0.1) is 29.0 Å². The van der Waals surface area contributed by atoms with Crippen LogP contribution in [-0.4, -0.2) is 31.8 Å². The lowest BCUT2D eigenvalue weighted by Gasteiger charge is -2.11. The van der Waals surface area contributed by atoms with Crippen LogP contribution in [0.2, 0.25) is 0 Å². The van der Waals surface area contributed by atoms with Crippen molar-refractivity contribution in [3.8, 4) is 28.9 Å². The molecule has 2 heterocycles. The molecule has 0 radical (unpaired) electrons. The lowest BCUT2D eigenvalue weighted by Crippen LogP contribution is -2.31. The van der Waals surface area contributed by atoms with Gasteiger partial charge in [-0.1, -0.05) is 13.0 Å². The number of benzene rings is 1. The summed E-state index contributed by atoms with van der Waals surface area (Å²) < 4.78 is 1.31. The number of aromatic nitrogens is 3. The number of nitrogens with zero attached hydrogens (tertiary/aromatic N) is 4. The molecule has 0 unspecified atom stereocenters. The molecule has 28 heavy (non-hydrogen) atoms. The number of hydrogen-bond donors (Lipinski definition) is 2. The van der Waals surface area contributed by atoms with Crippen LogP contribution in [0.25, 0.3) is 16.9 Å². The number of carbonyl (C=O) groups excluding carboxylic acids is 1. The summed E-state index contributed by atoms with van der Waals surface area (Å²) >= 11 is 0. The number of pyridine rings is 1. The standard InChI is InChI=1S/C21H21N5O2/c1-4-14(3)25-20(27)16-6-8-19(23-11-16)26-21(28)18(12-24-26)17-7-5-15(10-22)9-13(17)2/h5-9,11-12,14,28H,4H2,1-3H3,(H,25,27)/t14-/m1/s1. The van der Waals surface area contributed by atoms with Crippen LogP contribution >= 0.6 is 0 Å². The van der Waals surface area contributed by atoms with Crippen molar-refractivity contribution in [3.05, 3.63) is 59.4 Å². The first-order valence-corrected chi connectivity index (χ1v) is 9.00. The molecule has 0 bridgehead atoms. The average Bonchev–Trinajstić information content (AvgIpc) is 3.08. The van der Waals surface area contributed by atoms with Crippen molar-refractivity contribution in [2.45, 2.75) is 33.2 Å². The normalized spacial score (nSPS) is 11.6. The second-order valence-corrected chi connectivity index (χ2v) is 6.62. The van der Waals surface area contributed by atoms with E-state index >= 15 is 0 Å². The Morgan fingerprint density at radius 3 is 2.68 bits per heavy atom. The number of nitrogens with one attached hydrogen (secondary N) is 1. The summed E-state index contributed by atoms with van der Waals surface area (Å²) in [7, 11) is 0. The molecule has 1 amide bonds. The van der Waals surface area contributed by atoms with Gasteiger partial charge in [-0.05, 0) is 55.7 Å². The molecule has 0 aliphatic rings. The zero-order valence-electron chi connectivity index (χ0n) is 16.0. The number of hydrogen-bond acceptors (Lipinski definition) is 5. The van der Waals surface area contributed by atoms with E-state index in [1.807, 2.05) is 20.8 Å². The summed E-state index contributed by atoms with van der Waals surface area (Å²) in [6.45, 7) is 5.81. The van der Waals surface area contributed by atoms with Gasteiger partial charge < -0.3 is 10.4 Å². The van der Waals surface area contributed by atoms with Crippen LogP contribution in [0.15, 0.2) is 42.7 Å². The van der Waals surface area contributed by atoms with Crippen molar-refractivity contribution in [3.63, 3.8) is 0 Å². The van der Waals surface area contributed by atoms with Crippen LogP contribution < -0.4 is 5.32 Å². The molecular weight excluding hydrogens is 354 g/mol. The van der Waals surface area contributed by atoms with Gasteiger partial charge in [-0.25, -0.2) is 4.98 Å².